The molecule has 0 bridgehead atoms. The van der Waals surface area contributed by atoms with E-state index in [9.17, 15) is 13.2 Å². The predicted molar refractivity (Wildman–Crippen MR) is 83.3 cm³/mol. The van der Waals surface area contributed by atoms with Crippen LogP contribution in [0.25, 0.3) is 0 Å². The number of carbonyl (C=O) groups excluding carboxylic acids is 1. The lowest BCUT2D eigenvalue weighted by Gasteiger charge is -2.30. The van der Waals surface area contributed by atoms with Crippen molar-refractivity contribution in [1.82, 2.24) is 4.31 Å². The molecule has 0 atom stereocenters. The summed E-state index contributed by atoms with van der Waals surface area (Å²) in [5.41, 5.74) is 5.36. The fourth-order valence-electron chi connectivity index (χ4n) is 2.85. The van der Waals surface area contributed by atoms with Crippen LogP contribution in [0.3, 0.4) is 0 Å². The van der Waals surface area contributed by atoms with E-state index in [1.807, 2.05) is 0 Å². The first kappa shape index (κ1) is 16.8. The van der Waals surface area contributed by atoms with Crippen LogP contribution in [-0.4, -0.2) is 38.8 Å². The first-order valence-corrected chi connectivity index (χ1v) is 8.78. The van der Waals surface area contributed by atoms with Gasteiger partial charge in [-0.2, -0.15) is 4.31 Å². The Labute approximate surface area is 131 Å². The number of benzene rings is 1. The van der Waals surface area contributed by atoms with Gasteiger partial charge in [-0.3, -0.25) is 4.79 Å². The highest BCUT2D eigenvalue weighted by molar-refractivity contribution is 7.89. The van der Waals surface area contributed by atoms with Gasteiger partial charge in [0.2, 0.25) is 10.0 Å². The number of methoxy groups -OCH3 is 1. The zero-order chi connectivity index (χ0) is 16.3. The van der Waals surface area contributed by atoms with Crippen LogP contribution < -0.4 is 10.5 Å². The second-order valence-corrected chi connectivity index (χ2v) is 7.54. The van der Waals surface area contributed by atoms with E-state index in [1.54, 1.807) is 7.05 Å². The van der Waals surface area contributed by atoms with E-state index in [-0.39, 0.29) is 22.3 Å². The molecule has 7 heteroatoms. The van der Waals surface area contributed by atoms with Crippen LogP contribution in [0.1, 0.15) is 42.5 Å². The fraction of sp³-hybridized carbons (Fsp3) is 0.533. The second kappa shape index (κ2) is 6.66. The van der Waals surface area contributed by atoms with E-state index in [2.05, 4.69) is 0 Å². The lowest BCUT2D eigenvalue weighted by Crippen LogP contribution is -2.38. The van der Waals surface area contributed by atoms with E-state index in [0.29, 0.717) is 0 Å². The van der Waals surface area contributed by atoms with Crippen LogP contribution in [0.15, 0.2) is 23.1 Å². The van der Waals surface area contributed by atoms with Crippen LogP contribution in [0.4, 0.5) is 0 Å². The molecule has 1 aromatic rings. The van der Waals surface area contributed by atoms with E-state index in [1.165, 1.54) is 29.6 Å². The van der Waals surface area contributed by atoms with Gasteiger partial charge in [-0.1, -0.05) is 19.3 Å². The average Bonchev–Trinajstić information content (AvgIpc) is 2.54. The maximum absolute atomic E-state index is 12.7. The van der Waals surface area contributed by atoms with E-state index in [0.717, 1.165) is 32.1 Å². The highest BCUT2D eigenvalue weighted by Crippen LogP contribution is 2.28. The summed E-state index contributed by atoms with van der Waals surface area (Å²) < 4.78 is 31.9. The number of amides is 1. The Morgan fingerprint density at radius 1 is 1.27 bits per heavy atom. The molecule has 0 unspecified atom stereocenters. The van der Waals surface area contributed by atoms with Crippen LogP contribution in [-0.2, 0) is 10.0 Å². The number of rotatable bonds is 5. The molecule has 6 nitrogen and oxygen atoms in total. The van der Waals surface area contributed by atoms with Gasteiger partial charge in [0.05, 0.1) is 17.6 Å². The third-order valence-electron chi connectivity index (χ3n) is 4.20. The minimum Gasteiger partial charge on any atom is -0.496 e. The summed E-state index contributed by atoms with van der Waals surface area (Å²) in [5.74, 6) is -0.444. The van der Waals surface area contributed by atoms with Crippen LogP contribution in [0.2, 0.25) is 0 Å². The second-order valence-electron chi connectivity index (χ2n) is 5.54. The normalized spacial score (nSPS) is 16.7. The number of ether oxygens (including phenoxy) is 1. The average molecular weight is 326 g/mol. The minimum atomic E-state index is -3.65. The smallest absolute Gasteiger partial charge is 0.252 e. The highest BCUT2D eigenvalue weighted by Gasteiger charge is 2.29. The molecule has 22 heavy (non-hydrogen) atoms. The Bertz CT molecular complexity index is 652. The van der Waals surface area contributed by atoms with Crippen molar-refractivity contribution >= 4 is 15.9 Å². The number of hydrogen-bond donors (Lipinski definition) is 1. The molecule has 1 aliphatic rings. The molecule has 2 N–H and O–H groups in total. The van der Waals surface area contributed by atoms with E-state index in [4.69, 9.17) is 10.5 Å². The van der Waals surface area contributed by atoms with Crippen molar-refractivity contribution in [2.75, 3.05) is 14.2 Å². The van der Waals surface area contributed by atoms with Crippen molar-refractivity contribution in [2.24, 2.45) is 5.73 Å². The maximum atomic E-state index is 12.7. The lowest BCUT2D eigenvalue weighted by molar-refractivity contribution is 0.0997. The zero-order valence-electron chi connectivity index (χ0n) is 12.9. The van der Waals surface area contributed by atoms with Crippen molar-refractivity contribution in [2.45, 2.75) is 43.0 Å². The third-order valence-corrected chi connectivity index (χ3v) is 6.11. The molecule has 122 valence electrons. The molecule has 0 saturated heterocycles. The number of hydrogen-bond acceptors (Lipinski definition) is 4. The number of nitrogens with zero attached hydrogens (tertiary/aromatic N) is 1. The van der Waals surface area contributed by atoms with Gasteiger partial charge in [-0.25, -0.2) is 8.42 Å². The quantitative estimate of drug-likeness (QED) is 0.892. The number of primary amides is 1. The topological polar surface area (TPSA) is 89.7 Å². The van der Waals surface area contributed by atoms with Crippen molar-refractivity contribution in [3.05, 3.63) is 23.8 Å². The SMILES string of the molecule is COc1ccc(S(=O)(=O)N(C)C2CCCCC2)cc1C(N)=O. The molecule has 1 saturated carbocycles. The standard InChI is InChI=1S/C15H22N2O4S/c1-17(11-6-4-3-5-7-11)22(19,20)12-8-9-14(21-2)13(10-12)15(16)18/h8-11H,3-7H2,1-2H3,(H2,16,18). The fourth-order valence-corrected chi connectivity index (χ4v) is 4.29. The largest absolute Gasteiger partial charge is 0.496 e. The summed E-state index contributed by atoms with van der Waals surface area (Å²) in [6.45, 7) is 0. The van der Waals surface area contributed by atoms with E-state index >= 15 is 0 Å². The third kappa shape index (κ3) is 3.25. The van der Waals surface area contributed by atoms with Gasteiger partial charge in [0.1, 0.15) is 5.75 Å². The molecule has 0 aromatic heterocycles. The van der Waals surface area contributed by atoms with Gasteiger partial charge in [0.25, 0.3) is 5.91 Å². The Balaban J connectivity index is 2.36. The summed E-state index contributed by atoms with van der Waals surface area (Å²) >= 11 is 0. The Morgan fingerprint density at radius 2 is 1.91 bits per heavy atom. The van der Waals surface area contributed by atoms with Gasteiger partial charge in [0.15, 0.2) is 0 Å². The number of sulfonamides is 1. The summed E-state index contributed by atoms with van der Waals surface area (Å²) in [4.78, 5) is 11.5. The molecule has 2 rings (SSSR count). The van der Waals surface area contributed by atoms with Crippen LogP contribution in [0, 0.1) is 0 Å². The number of carbonyl (C=O) groups is 1. The predicted octanol–water partition coefficient (Wildman–Crippen LogP) is 1.75. The first-order chi connectivity index (χ1) is 10.4. The summed E-state index contributed by atoms with van der Waals surface area (Å²) in [6.07, 6.45) is 4.97. The molecular formula is C15H22N2O4S. The summed E-state index contributed by atoms with van der Waals surface area (Å²) in [7, 11) is -0.646. The van der Waals surface area contributed by atoms with Crippen molar-refractivity contribution in [3.8, 4) is 5.75 Å². The lowest BCUT2D eigenvalue weighted by atomic mass is 9.96. The van der Waals surface area contributed by atoms with Gasteiger partial charge in [-0.15, -0.1) is 0 Å². The van der Waals surface area contributed by atoms with Crippen molar-refractivity contribution in [1.29, 1.82) is 0 Å². The summed E-state index contributed by atoms with van der Waals surface area (Å²) in [6, 6.07) is 4.20. The Hall–Kier alpha value is -1.60. The zero-order valence-corrected chi connectivity index (χ0v) is 13.7. The molecule has 0 aliphatic heterocycles. The molecule has 0 spiro atoms. The Morgan fingerprint density at radius 3 is 2.45 bits per heavy atom. The van der Waals surface area contributed by atoms with Gasteiger partial charge >= 0.3 is 0 Å². The maximum Gasteiger partial charge on any atom is 0.252 e. The van der Waals surface area contributed by atoms with Crippen LogP contribution in [0.5, 0.6) is 5.75 Å². The highest BCUT2D eigenvalue weighted by atomic mass is 32.2. The molecule has 0 radical (unpaired) electrons. The first-order valence-electron chi connectivity index (χ1n) is 7.34. The molecule has 0 heterocycles. The van der Waals surface area contributed by atoms with Gasteiger partial charge < -0.3 is 10.5 Å². The molecular weight excluding hydrogens is 304 g/mol. The molecule has 1 aliphatic carbocycles. The van der Waals surface area contributed by atoms with Crippen molar-refractivity contribution < 1.29 is 17.9 Å². The van der Waals surface area contributed by atoms with Crippen LogP contribution >= 0.6 is 0 Å². The van der Waals surface area contributed by atoms with Crippen molar-refractivity contribution in [3.63, 3.8) is 0 Å². The minimum absolute atomic E-state index is 0.0119. The monoisotopic (exact) mass is 326 g/mol. The Kier molecular flexibility index (Phi) is 5.08. The van der Waals surface area contributed by atoms with Gasteiger partial charge in [0, 0.05) is 13.1 Å². The molecule has 1 amide bonds. The van der Waals surface area contributed by atoms with Gasteiger partial charge in [-0.05, 0) is 31.0 Å². The molecule has 1 fully saturated rings. The molecule has 1 aromatic carbocycles. The van der Waals surface area contributed by atoms with E-state index < -0.39 is 15.9 Å². The summed E-state index contributed by atoms with van der Waals surface area (Å²) in [5, 5.41) is 0. The number of nitrogens with two attached hydrogens (primary N) is 1.